The van der Waals surface area contributed by atoms with Crippen LogP contribution in [0.25, 0.3) is 0 Å². The third-order valence-corrected chi connectivity index (χ3v) is 6.79. The Morgan fingerprint density at radius 2 is 0.894 bits per heavy atom. The van der Waals surface area contributed by atoms with Gasteiger partial charge in [0.2, 0.25) is 0 Å². The standard InChI is InChI=1S/C35H44O12/c1-5-7-9-19-31(38)42-21-35(22-43-32(39)20-10-8-6-2,23-44-33(40)27-15-11-13-17-29(27)46-25(3)36)24-45-34(41)28-16-12-14-18-30(28)47-26(4)37/h11-18H,5-10,19-24H2,1-4H3. The van der Waals surface area contributed by atoms with Gasteiger partial charge in [-0.1, -0.05) is 63.8 Å². The summed E-state index contributed by atoms with van der Waals surface area (Å²) in [5, 5.41) is 0. The summed E-state index contributed by atoms with van der Waals surface area (Å²) in [6, 6.07) is 11.9. The summed E-state index contributed by atoms with van der Waals surface area (Å²) in [5.74, 6) is -4.20. The quantitative estimate of drug-likeness (QED) is 0.0733. The van der Waals surface area contributed by atoms with Gasteiger partial charge in [-0.25, -0.2) is 9.59 Å². The molecule has 0 aliphatic heterocycles. The van der Waals surface area contributed by atoms with E-state index in [1.54, 1.807) is 24.3 Å². The van der Waals surface area contributed by atoms with Crippen LogP contribution in [0.15, 0.2) is 48.5 Å². The number of esters is 6. The van der Waals surface area contributed by atoms with Gasteiger partial charge in [0.1, 0.15) is 54.5 Å². The third-order valence-electron chi connectivity index (χ3n) is 6.79. The van der Waals surface area contributed by atoms with E-state index in [2.05, 4.69) is 0 Å². The summed E-state index contributed by atoms with van der Waals surface area (Å²) < 4.78 is 32.6. The maximum Gasteiger partial charge on any atom is 0.341 e. The minimum atomic E-state index is -1.54. The second kappa shape index (κ2) is 20.4. The highest BCUT2D eigenvalue weighted by atomic mass is 16.6. The number of benzene rings is 2. The van der Waals surface area contributed by atoms with Gasteiger partial charge in [0.05, 0.1) is 0 Å². The molecule has 2 aromatic rings. The number of rotatable bonds is 20. The van der Waals surface area contributed by atoms with Crippen LogP contribution in [-0.4, -0.2) is 62.2 Å². The lowest BCUT2D eigenvalue weighted by Crippen LogP contribution is -2.44. The zero-order chi connectivity index (χ0) is 34.7. The van der Waals surface area contributed by atoms with Gasteiger partial charge in [-0.15, -0.1) is 0 Å². The fraction of sp³-hybridized carbons (Fsp3) is 0.486. The number of hydrogen-bond acceptors (Lipinski definition) is 12. The fourth-order valence-electron chi connectivity index (χ4n) is 4.25. The van der Waals surface area contributed by atoms with Gasteiger partial charge in [-0.3, -0.25) is 19.2 Å². The van der Waals surface area contributed by atoms with Crippen LogP contribution in [0.4, 0.5) is 0 Å². The fourth-order valence-corrected chi connectivity index (χ4v) is 4.25. The average molecular weight is 657 g/mol. The molecule has 47 heavy (non-hydrogen) atoms. The lowest BCUT2D eigenvalue weighted by Gasteiger charge is -2.31. The van der Waals surface area contributed by atoms with Crippen molar-refractivity contribution >= 4 is 35.8 Å². The van der Waals surface area contributed by atoms with Crippen LogP contribution in [-0.2, 0) is 38.1 Å². The van der Waals surface area contributed by atoms with Crippen molar-refractivity contribution in [1.29, 1.82) is 0 Å². The molecule has 0 fully saturated rings. The average Bonchev–Trinajstić information content (AvgIpc) is 3.04. The molecule has 12 nitrogen and oxygen atoms in total. The van der Waals surface area contributed by atoms with E-state index in [9.17, 15) is 28.8 Å². The molecule has 0 amide bonds. The molecule has 0 bridgehead atoms. The smallest absolute Gasteiger partial charge is 0.341 e. The van der Waals surface area contributed by atoms with Crippen molar-refractivity contribution in [3.05, 3.63) is 59.7 Å². The number of para-hydroxylation sites is 2. The van der Waals surface area contributed by atoms with E-state index >= 15 is 0 Å². The van der Waals surface area contributed by atoms with Crippen molar-refractivity contribution in [3.8, 4) is 11.5 Å². The van der Waals surface area contributed by atoms with Gasteiger partial charge in [0, 0.05) is 26.7 Å². The molecule has 0 aliphatic rings. The van der Waals surface area contributed by atoms with Crippen LogP contribution >= 0.6 is 0 Å². The van der Waals surface area contributed by atoms with Gasteiger partial charge in [0.25, 0.3) is 0 Å². The highest BCUT2D eigenvalue weighted by Crippen LogP contribution is 2.27. The Labute approximate surface area is 275 Å². The lowest BCUT2D eigenvalue weighted by molar-refractivity contribution is -0.159. The summed E-state index contributed by atoms with van der Waals surface area (Å²) in [4.78, 5) is 75.0. The van der Waals surface area contributed by atoms with Crippen molar-refractivity contribution in [3.63, 3.8) is 0 Å². The van der Waals surface area contributed by atoms with Gasteiger partial charge >= 0.3 is 35.8 Å². The van der Waals surface area contributed by atoms with Gasteiger partial charge in [-0.05, 0) is 37.1 Å². The second-order valence-corrected chi connectivity index (χ2v) is 11.1. The van der Waals surface area contributed by atoms with Crippen LogP contribution in [0.1, 0.15) is 99.8 Å². The highest BCUT2D eigenvalue weighted by Gasteiger charge is 2.38. The van der Waals surface area contributed by atoms with Crippen molar-refractivity contribution in [1.82, 2.24) is 0 Å². The SMILES string of the molecule is CCCCCC(=O)OCC(COC(=O)CCCCC)(COC(=O)c1ccccc1OC(C)=O)COC(=O)c1ccccc1OC(C)=O. The predicted octanol–water partition coefficient (Wildman–Crippen LogP) is 5.78. The first-order chi connectivity index (χ1) is 22.5. The summed E-state index contributed by atoms with van der Waals surface area (Å²) >= 11 is 0. The first-order valence-electron chi connectivity index (χ1n) is 15.7. The first-order valence-corrected chi connectivity index (χ1v) is 15.7. The largest absolute Gasteiger partial charge is 0.465 e. The molecule has 0 aliphatic carbocycles. The van der Waals surface area contributed by atoms with Crippen LogP contribution in [0.3, 0.4) is 0 Å². The van der Waals surface area contributed by atoms with E-state index in [1.807, 2.05) is 13.8 Å². The Bertz CT molecular complexity index is 1260. The lowest BCUT2D eigenvalue weighted by atomic mass is 9.92. The molecule has 0 unspecified atom stereocenters. The van der Waals surface area contributed by atoms with Crippen molar-refractivity contribution in [2.24, 2.45) is 5.41 Å². The Morgan fingerprint density at radius 1 is 0.532 bits per heavy atom. The maximum absolute atomic E-state index is 13.2. The molecule has 2 aromatic carbocycles. The molecule has 0 N–H and O–H groups in total. The number of ether oxygens (including phenoxy) is 6. The Morgan fingerprint density at radius 3 is 1.26 bits per heavy atom. The topological polar surface area (TPSA) is 158 Å². The second-order valence-electron chi connectivity index (χ2n) is 11.1. The van der Waals surface area contributed by atoms with Crippen molar-refractivity contribution in [2.75, 3.05) is 26.4 Å². The summed E-state index contributed by atoms with van der Waals surface area (Å²) in [7, 11) is 0. The summed E-state index contributed by atoms with van der Waals surface area (Å²) in [5.41, 5.74) is -1.66. The normalized spacial score (nSPS) is 10.8. The number of hydrogen-bond donors (Lipinski definition) is 0. The maximum atomic E-state index is 13.2. The molecular formula is C35H44O12. The van der Waals surface area contributed by atoms with E-state index in [1.165, 1.54) is 38.1 Å². The van der Waals surface area contributed by atoms with E-state index < -0.39 is 67.7 Å². The Kier molecular flexibility index (Phi) is 16.7. The predicted molar refractivity (Wildman–Crippen MR) is 169 cm³/mol. The molecule has 0 atom stereocenters. The molecular weight excluding hydrogens is 612 g/mol. The van der Waals surface area contributed by atoms with Crippen molar-refractivity contribution in [2.45, 2.75) is 79.1 Å². The third kappa shape index (κ3) is 14.1. The molecule has 2 rings (SSSR count). The summed E-state index contributed by atoms with van der Waals surface area (Å²) in [6.07, 6.45) is 4.86. The van der Waals surface area contributed by atoms with Crippen LogP contribution in [0, 0.1) is 5.41 Å². The molecule has 12 heteroatoms. The molecule has 0 aromatic heterocycles. The van der Waals surface area contributed by atoms with Crippen LogP contribution in [0.2, 0.25) is 0 Å². The number of carbonyl (C=O) groups is 6. The summed E-state index contributed by atoms with van der Waals surface area (Å²) in [6.45, 7) is 4.44. The molecule has 256 valence electrons. The zero-order valence-corrected chi connectivity index (χ0v) is 27.5. The first kappa shape index (κ1) is 38.4. The molecule has 0 saturated heterocycles. The minimum absolute atomic E-state index is 0.0335. The molecule has 0 heterocycles. The van der Waals surface area contributed by atoms with E-state index in [4.69, 9.17) is 28.4 Å². The van der Waals surface area contributed by atoms with E-state index in [0.29, 0.717) is 12.8 Å². The number of carbonyl (C=O) groups excluding carboxylic acids is 6. The zero-order valence-electron chi connectivity index (χ0n) is 27.5. The van der Waals surface area contributed by atoms with Crippen LogP contribution in [0.5, 0.6) is 11.5 Å². The van der Waals surface area contributed by atoms with E-state index in [0.717, 1.165) is 25.7 Å². The van der Waals surface area contributed by atoms with Gasteiger partial charge in [-0.2, -0.15) is 0 Å². The monoisotopic (exact) mass is 656 g/mol. The minimum Gasteiger partial charge on any atom is -0.465 e. The van der Waals surface area contributed by atoms with Crippen molar-refractivity contribution < 1.29 is 57.2 Å². The molecule has 0 saturated carbocycles. The van der Waals surface area contributed by atoms with E-state index in [-0.39, 0.29) is 35.5 Å². The number of unbranched alkanes of at least 4 members (excludes halogenated alkanes) is 4. The van der Waals surface area contributed by atoms with Gasteiger partial charge in [0.15, 0.2) is 0 Å². The highest BCUT2D eigenvalue weighted by molar-refractivity contribution is 5.94. The van der Waals surface area contributed by atoms with Crippen LogP contribution < -0.4 is 9.47 Å². The Balaban J connectivity index is 2.40. The van der Waals surface area contributed by atoms with Gasteiger partial charge < -0.3 is 28.4 Å². The molecule has 0 radical (unpaired) electrons. The molecule has 0 spiro atoms. The Hall–Kier alpha value is -4.74.